The molecule has 1 fully saturated rings. The number of amides is 1. The number of aryl methyl sites for hydroxylation is 1. The van der Waals surface area contributed by atoms with Crippen LogP contribution in [0.25, 0.3) is 0 Å². The number of hydrogen-bond acceptors (Lipinski definition) is 3. The van der Waals surface area contributed by atoms with Gasteiger partial charge in [-0.15, -0.1) is 0 Å². The Kier molecular flexibility index (Phi) is 5.04. The van der Waals surface area contributed by atoms with E-state index in [2.05, 4.69) is 30.4 Å². The molecule has 1 aliphatic rings. The van der Waals surface area contributed by atoms with Crippen LogP contribution in [-0.4, -0.2) is 12.5 Å². The Morgan fingerprint density at radius 3 is 2.56 bits per heavy atom. The monoisotopic (exact) mass is 334 g/mol. The van der Waals surface area contributed by atoms with E-state index >= 15 is 0 Å². The van der Waals surface area contributed by atoms with Crippen LogP contribution in [0.4, 0.5) is 5.69 Å². The van der Waals surface area contributed by atoms with Gasteiger partial charge in [0.1, 0.15) is 11.8 Å². The van der Waals surface area contributed by atoms with Crippen LogP contribution in [0, 0.1) is 18.3 Å². The summed E-state index contributed by atoms with van der Waals surface area (Å²) in [5.74, 6) is 0.676. The molecule has 2 aromatic carbocycles. The van der Waals surface area contributed by atoms with Crippen molar-refractivity contribution in [2.45, 2.75) is 38.0 Å². The molecule has 0 aliphatic heterocycles. The zero-order valence-corrected chi connectivity index (χ0v) is 14.4. The molecule has 0 unspecified atom stereocenters. The van der Waals surface area contributed by atoms with E-state index in [0.717, 1.165) is 36.9 Å². The van der Waals surface area contributed by atoms with E-state index in [4.69, 9.17) is 10.00 Å². The molecule has 0 heterocycles. The lowest BCUT2D eigenvalue weighted by Gasteiger charge is -2.28. The van der Waals surface area contributed by atoms with Gasteiger partial charge in [-0.3, -0.25) is 4.79 Å². The van der Waals surface area contributed by atoms with E-state index in [1.165, 1.54) is 5.56 Å². The number of carbonyl (C=O) groups excluding carboxylic acids is 1. The number of benzene rings is 2. The topological polar surface area (TPSA) is 62.1 Å². The predicted octanol–water partition coefficient (Wildman–Crippen LogP) is 4.35. The molecule has 4 nitrogen and oxygen atoms in total. The van der Waals surface area contributed by atoms with Crippen molar-refractivity contribution in [2.24, 2.45) is 0 Å². The number of ether oxygens (including phenoxy) is 1. The number of nitrogens with zero attached hydrogens (tertiary/aromatic N) is 1. The maximum atomic E-state index is 13.1. The lowest BCUT2D eigenvalue weighted by atomic mass is 9.77. The van der Waals surface area contributed by atoms with Gasteiger partial charge in [0.05, 0.1) is 5.41 Å². The molecule has 0 radical (unpaired) electrons. The largest absolute Gasteiger partial charge is 0.479 e. The summed E-state index contributed by atoms with van der Waals surface area (Å²) < 4.78 is 5.24. The zero-order chi connectivity index (χ0) is 17.7. The second-order valence-electron chi connectivity index (χ2n) is 6.58. The molecular weight excluding hydrogens is 312 g/mol. The molecule has 3 rings (SSSR count). The molecule has 25 heavy (non-hydrogen) atoms. The van der Waals surface area contributed by atoms with Crippen molar-refractivity contribution in [3.63, 3.8) is 0 Å². The SMILES string of the molecule is Cc1cccc(C2(C(=O)Nc3ccc(OCC#N)cc3)CCCC2)c1. The Morgan fingerprint density at radius 2 is 1.92 bits per heavy atom. The van der Waals surface area contributed by atoms with Crippen molar-refractivity contribution >= 4 is 11.6 Å². The third-order valence-corrected chi connectivity index (χ3v) is 4.88. The van der Waals surface area contributed by atoms with Crippen LogP contribution in [0.1, 0.15) is 36.8 Å². The lowest BCUT2D eigenvalue weighted by Crippen LogP contribution is -2.38. The Bertz CT molecular complexity index is 784. The van der Waals surface area contributed by atoms with E-state index < -0.39 is 5.41 Å². The molecule has 0 saturated heterocycles. The van der Waals surface area contributed by atoms with Crippen LogP contribution in [0.5, 0.6) is 5.75 Å². The average molecular weight is 334 g/mol. The van der Waals surface area contributed by atoms with Crippen LogP contribution in [-0.2, 0) is 10.2 Å². The second-order valence-corrected chi connectivity index (χ2v) is 6.58. The molecule has 1 saturated carbocycles. The van der Waals surface area contributed by atoms with Crippen molar-refractivity contribution in [3.8, 4) is 11.8 Å². The van der Waals surface area contributed by atoms with Gasteiger partial charge in [-0.05, 0) is 49.6 Å². The van der Waals surface area contributed by atoms with Crippen molar-refractivity contribution in [2.75, 3.05) is 11.9 Å². The van der Waals surface area contributed by atoms with Gasteiger partial charge in [0.2, 0.25) is 5.91 Å². The summed E-state index contributed by atoms with van der Waals surface area (Å²) >= 11 is 0. The number of carbonyl (C=O) groups is 1. The highest BCUT2D eigenvalue weighted by molar-refractivity contribution is 5.99. The molecule has 1 N–H and O–H groups in total. The Morgan fingerprint density at radius 1 is 1.20 bits per heavy atom. The molecule has 0 spiro atoms. The Hall–Kier alpha value is -2.80. The minimum absolute atomic E-state index is 0.0160. The number of nitriles is 1. The number of anilines is 1. The number of rotatable bonds is 5. The third-order valence-electron chi connectivity index (χ3n) is 4.88. The predicted molar refractivity (Wildman–Crippen MR) is 97.5 cm³/mol. The first-order valence-corrected chi connectivity index (χ1v) is 8.62. The third kappa shape index (κ3) is 3.66. The zero-order valence-electron chi connectivity index (χ0n) is 14.4. The molecule has 0 bridgehead atoms. The van der Waals surface area contributed by atoms with Crippen molar-refractivity contribution in [1.29, 1.82) is 5.26 Å². The van der Waals surface area contributed by atoms with Crippen molar-refractivity contribution < 1.29 is 9.53 Å². The van der Waals surface area contributed by atoms with Gasteiger partial charge in [0.25, 0.3) is 0 Å². The van der Waals surface area contributed by atoms with Crippen molar-refractivity contribution in [1.82, 2.24) is 0 Å². The van der Waals surface area contributed by atoms with Gasteiger partial charge >= 0.3 is 0 Å². The first-order chi connectivity index (χ1) is 12.1. The van der Waals surface area contributed by atoms with Gasteiger partial charge in [-0.2, -0.15) is 5.26 Å². The quantitative estimate of drug-likeness (QED) is 0.884. The minimum atomic E-state index is -0.442. The minimum Gasteiger partial charge on any atom is -0.479 e. The summed E-state index contributed by atoms with van der Waals surface area (Å²) in [4.78, 5) is 13.1. The molecule has 4 heteroatoms. The average Bonchev–Trinajstić information content (AvgIpc) is 3.12. The highest BCUT2D eigenvalue weighted by Crippen LogP contribution is 2.42. The van der Waals surface area contributed by atoms with Crippen LogP contribution in [0.3, 0.4) is 0 Å². The summed E-state index contributed by atoms with van der Waals surface area (Å²) in [5, 5.41) is 11.6. The molecular formula is C21H22N2O2. The first-order valence-electron chi connectivity index (χ1n) is 8.62. The number of nitrogens with one attached hydrogen (secondary N) is 1. The van der Waals surface area contributed by atoms with Gasteiger partial charge in [0, 0.05) is 5.69 Å². The summed E-state index contributed by atoms with van der Waals surface area (Å²) in [6, 6.07) is 17.4. The fraction of sp³-hybridized carbons (Fsp3) is 0.333. The van der Waals surface area contributed by atoms with E-state index in [-0.39, 0.29) is 12.5 Å². The van der Waals surface area contributed by atoms with E-state index in [1.54, 1.807) is 12.1 Å². The Labute approximate surface area is 148 Å². The smallest absolute Gasteiger partial charge is 0.235 e. The van der Waals surface area contributed by atoms with E-state index in [1.807, 2.05) is 24.3 Å². The normalized spacial score (nSPS) is 15.4. The molecule has 1 amide bonds. The molecule has 2 aromatic rings. The highest BCUT2D eigenvalue weighted by Gasteiger charge is 2.42. The lowest BCUT2D eigenvalue weighted by molar-refractivity contribution is -0.121. The van der Waals surface area contributed by atoms with Crippen LogP contribution < -0.4 is 10.1 Å². The summed E-state index contributed by atoms with van der Waals surface area (Å²) in [5.41, 5.74) is 2.59. The fourth-order valence-corrected chi connectivity index (χ4v) is 3.57. The first kappa shape index (κ1) is 17.0. The molecule has 128 valence electrons. The fourth-order valence-electron chi connectivity index (χ4n) is 3.57. The summed E-state index contributed by atoms with van der Waals surface area (Å²) in [6.07, 6.45) is 3.90. The summed E-state index contributed by atoms with van der Waals surface area (Å²) in [6.45, 7) is 2.08. The molecule has 0 atom stereocenters. The maximum absolute atomic E-state index is 13.1. The van der Waals surface area contributed by atoms with Gasteiger partial charge < -0.3 is 10.1 Å². The maximum Gasteiger partial charge on any atom is 0.235 e. The van der Waals surface area contributed by atoms with Crippen LogP contribution in [0.2, 0.25) is 0 Å². The van der Waals surface area contributed by atoms with E-state index in [0.29, 0.717) is 5.75 Å². The number of hydrogen-bond donors (Lipinski definition) is 1. The second kappa shape index (κ2) is 7.40. The molecule has 1 aliphatic carbocycles. The van der Waals surface area contributed by atoms with Crippen molar-refractivity contribution in [3.05, 3.63) is 59.7 Å². The van der Waals surface area contributed by atoms with Crippen LogP contribution in [0.15, 0.2) is 48.5 Å². The van der Waals surface area contributed by atoms with Gasteiger partial charge in [-0.25, -0.2) is 0 Å². The Balaban J connectivity index is 1.79. The highest BCUT2D eigenvalue weighted by atomic mass is 16.5. The van der Waals surface area contributed by atoms with Crippen LogP contribution >= 0.6 is 0 Å². The summed E-state index contributed by atoms with van der Waals surface area (Å²) in [7, 11) is 0. The van der Waals surface area contributed by atoms with Gasteiger partial charge in [0.15, 0.2) is 6.61 Å². The molecule has 0 aromatic heterocycles. The van der Waals surface area contributed by atoms with Gasteiger partial charge in [-0.1, -0.05) is 42.7 Å². The standard InChI is InChI=1S/C21H22N2O2/c1-16-5-4-6-17(15-16)21(11-2-3-12-21)20(24)23-18-7-9-19(10-8-18)25-14-13-22/h4-10,15H,2-3,11-12,14H2,1H3,(H,23,24). The van der Waals surface area contributed by atoms with E-state index in [9.17, 15) is 4.79 Å².